The molecule has 1 aliphatic heterocycles. The first kappa shape index (κ1) is 8.05. The zero-order chi connectivity index (χ0) is 10.4. The van der Waals surface area contributed by atoms with Crippen LogP contribution in [-0.2, 0) is 4.79 Å². The Kier molecular flexibility index (Phi) is 1.39. The maximum absolute atomic E-state index is 11.5. The van der Waals surface area contributed by atoms with Crippen molar-refractivity contribution in [3.8, 4) is 0 Å². The molecule has 0 fully saturated rings. The highest BCUT2D eigenvalue weighted by molar-refractivity contribution is 6.53. The Balaban J connectivity index is 2.45. The van der Waals surface area contributed by atoms with Gasteiger partial charge in [-0.2, -0.15) is 0 Å². The lowest BCUT2D eigenvalue weighted by Crippen LogP contribution is -2.12. The molecule has 5 heteroatoms. The fraction of sp³-hybridized carbons (Fsp3) is 0. The maximum atomic E-state index is 11.5. The summed E-state index contributed by atoms with van der Waals surface area (Å²) in [4.78, 5) is 30.8. The molecule has 2 aromatic rings. The van der Waals surface area contributed by atoms with E-state index in [4.69, 9.17) is 0 Å². The summed E-state index contributed by atoms with van der Waals surface area (Å²) < 4.78 is 0. The highest BCUT2D eigenvalue weighted by atomic mass is 16.2. The molecule has 3 heterocycles. The van der Waals surface area contributed by atoms with Crippen LogP contribution in [-0.4, -0.2) is 21.7 Å². The molecule has 0 bridgehead atoms. The monoisotopic (exact) mass is 199 g/mol. The normalized spacial score (nSPS) is 14.1. The SMILES string of the molecule is O=C1Nc2cnc3ncccc3c2C1=O. The molecule has 0 saturated carbocycles. The Bertz CT molecular complexity index is 607. The molecule has 1 aliphatic rings. The second-order valence-electron chi connectivity index (χ2n) is 3.20. The number of anilines is 1. The maximum Gasteiger partial charge on any atom is 0.296 e. The summed E-state index contributed by atoms with van der Waals surface area (Å²) in [7, 11) is 0. The first-order chi connectivity index (χ1) is 7.27. The number of carbonyl (C=O) groups excluding carboxylic acids is 2. The van der Waals surface area contributed by atoms with Crippen LogP contribution in [0.25, 0.3) is 11.0 Å². The lowest BCUT2D eigenvalue weighted by molar-refractivity contribution is -0.112. The first-order valence-corrected chi connectivity index (χ1v) is 4.37. The van der Waals surface area contributed by atoms with E-state index in [1.54, 1.807) is 18.3 Å². The van der Waals surface area contributed by atoms with Gasteiger partial charge in [0.15, 0.2) is 5.65 Å². The lowest BCUT2D eigenvalue weighted by atomic mass is 10.1. The van der Waals surface area contributed by atoms with Gasteiger partial charge in [-0.25, -0.2) is 9.97 Å². The molecule has 1 N–H and O–H groups in total. The second-order valence-corrected chi connectivity index (χ2v) is 3.20. The summed E-state index contributed by atoms with van der Waals surface area (Å²) in [5.74, 6) is -1.13. The van der Waals surface area contributed by atoms with Gasteiger partial charge < -0.3 is 5.32 Å². The van der Waals surface area contributed by atoms with E-state index in [0.717, 1.165) is 0 Å². The lowest BCUT2D eigenvalue weighted by Gasteiger charge is -1.99. The fourth-order valence-corrected chi connectivity index (χ4v) is 1.66. The molecule has 0 radical (unpaired) electrons. The third-order valence-electron chi connectivity index (χ3n) is 2.32. The molecule has 15 heavy (non-hydrogen) atoms. The topological polar surface area (TPSA) is 72.0 Å². The molecule has 72 valence electrons. The molecule has 0 spiro atoms. The summed E-state index contributed by atoms with van der Waals surface area (Å²) in [5.41, 5.74) is 1.31. The molecule has 0 aliphatic carbocycles. The van der Waals surface area contributed by atoms with Crippen molar-refractivity contribution in [3.63, 3.8) is 0 Å². The van der Waals surface area contributed by atoms with Crippen molar-refractivity contribution in [1.29, 1.82) is 0 Å². The van der Waals surface area contributed by atoms with Crippen molar-refractivity contribution in [3.05, 3.63) is 30.1 Å². The molecule has 1 amide bonds. The summed E-state index contributed by atoms with van der Waals surface area (Å²) in [6, 6.07) is 3.44. The summed E-state index contributed by atoms with van der Waals surface area (Å²) >= 11 is 0. The van der Waals surface area contributed by atoms with Gasteiger partial charge in [0.25, 0.3) is 11.7 Å². The van der Waals surface area contributed by atoms with E-state index in [2.05, 4.69) is 15.3 Å². The van der Waals surface area contributed by atoms with Crippen LogP contribution in [0, 0.1) is 0 Å². The van der Waals surface area contributed by atoms with E-state index in [-0.39, 0.29) is 0 Å². The summed E-state index contributed by atoms with van der Waals surface area (Å²) in [5, 5.41) is 3.07. The molecule has 5 nitrogen and oxygen atoms in total. The standard InChI is InChI=1S/C10H5N3O2/c14-8-7-5-2-1-3-11-9(5)12-4-6(7)13-10(8)15/h1-4H,(H,13,14,15). The van der Waals surface area contributed by atoms with Crippen LogP contribution in [0.3, 0.4) is 0 Å². The van der Waals surface area contributed by atoms with Gasteiger partial charge in [-0.05, 0) is 12.1 Å². The van der Waals surface area contributed by atoms with Crippen LogP contribution in [0.1, 0.15) is 10.4 Å². The van der Waals surface area contributed by atoms with E-state index >= 15 is 0 Å². The van der Waals surface area contributed by atoms with Gasteiger partial charge in [0, 0.05) is 11.6 Å². The Morgan fingerprint density at radius 3 is 2.93 bits per heavy atom. The molecule has 2 aromatic heterocycles. The van der Waals surface area contributed by atoms with Crippen LogP contribution in [0.5, 0.6) is 0 Å². The summed E-state index contributed by atoms with van der Waals surface area (Å²) in [6.07, 6.45) is 3.05. The first-order valence-electron chi connectivity index (χ1n) is 4.37. The van der Waals surface area contributed by atoms with Crippen molar-refractivity contribution < 1.29 is 9.59 Å². The van der Waals surface area contributed by atoms with Crippen LogP contribution in [0.2, 0.25) is 0 Å². The number of pyridine rings is 2. The molecule has 3 rings (SSSR count). The number of carbonyl (C=O) groups is 2. The predicted octanol–water partition coefficient (Wildman–Crippen LogP) is 0.765. The largest absolute Gasteiger partial charge is 0.317 e. The third kappa shape index (κ3) is 0.969. The number of rotatable bonds is 0. The zero-order valence-corrected chi connectivity index (χ0v) is 7.52. The minimum Gasteiger partial charge on any atom is -0.317 e. The minimum atomic E-state index is -0.608. The second kappa shape index (κ2) is 2.60. The van der Waals surface area contributed by atoms with Crippen molar-refractivity contribution in [2.75, 3.05) is 5.32 Å². The zero-order valence-electron chi connectivity index (χ0n) is 7.52. The van der Waals surface area contributed by atoms with E-state index in [1.165, 1.54) is 6.20 Å². The molecule has 0 saturated heterocycles. The van der Waals surface area contributed by atoms with Gasteiger partial charge in [-0.1, -0.05) is 0 Å². The van der Waals surface area contributed by atoms with Crippen LogP contribution < -0.4 is 5.32 Å². The van der Waals surface area contributed by atoms with Crippen LogP contribution in [0.15, 0.2) is 24.5 Å². The number of hydrogen-bond donors (Lipinski definition) is 1. The summed E-state index contributed by atoms with van der Waals surface area (Å²) in [6.45, 7) is 0. The van der Waals surface area contributed by atoms with Crippen molar-refractivity contribution in [1.82, 2.24) is 9.97 Å². The van der Waals surface area contributed by atoms with E-state index in [1.807, 2.05) is 0 Å². The Labute approximate surface area is 84.1 Å². The number of nitrogens with one attached hydrogen (secondary N) is 1. The fourth-order valence-electron chi connectivity index (χ4n) is 1.66. The predicted molar refractivity (Wildman–Crippen MR) is 52.5 cm³/mol. The number of aromatic nitrogens is 2. The third-order valence-corrected chi connectivity index (χ3v) is 2.32. The van der Waals surface area contributed by atoms with Gasteiger partial charge in [0.05, 0.1) is 17.4 Å². The van der Waals surface area contributed by atoms with E-state index < -0.39 is 11.7 Å². The molecule has 0 aromatic carbocycles. The van der Waals surface area contributed by atoms with Gasteiger partial charge in [-0.3, -0.25) is 9.59 Å². The van der Waals surface area contributed by atoms with Gasteiger partial charge in [0.1, 0.15) is 0 Å². The van der Waals surface area contributed by atoms with Gasteiger partial charge in [0.2, 0.25) is 0 Å². The van der Waals surface area contributed by atoms with E-state index in [9.17, 15) is 9.59 Å². The minimum absolute atomic E-state index is 0.373. The highest BCUT2D eigenvalue weighted by Gasteiger charge is 2.30. The van der Waals surface area contributed by atoms with Crippen molar-refractivity contribution >= 4 is 28.4 Å². The Hall–Kier alpha value is -2.30. The Morgan fingerprint density at radius 1 is 1.20 bits per heavy atom. The average molecular weight is 199 g/mol. The van der Waals surface area contributed by atoms with Crippen molar-refractivity contribution in [2.45, 2.75) is 0 Å². The number of hydrogen-bond acceptors (Lipinski definition) is 4. The smallest absolute Gasteiger partial charge is 0.296 e. The highest BCUT2D eigenvalue weighted by Crippen LogP contribution is 2.27. The number of fused-ring (bicyclic) bond motifs is 3. The molecular formula is C10H5N3O2. The van der Waals surface area contributed by atoms with Crippen LogP contribution >= 0.6 is 0 Å². The average Bonchev–Trinajstić information content (AvgIpc) is 2.55. The number of Topliss-reactive ketones (excluding diaryl/α,β-unsaturated/α-hetero) is 1. The van der Waals surface area contributed by atoms with Crippen LogP contribution in [0.4, 0.5) is 5.69 Å². The molecule has 0 atom stereocenters. The van der Waals surface area contributed by atoms with Crippen molar-refractivity contribution in [2.24, 2.45) is 0 Å². The molecule has 0 unspecified atom stereocenters. The number of nitrogens with zero attached hydrogens (tertiary/aromatic N) is 2. The van der Waals surface area contributed by atoms with Gasteiger partial charge in [-0.15, -0.1) is 0 Å². The quantitative estimate of drug-likeness (QED) is 0.636. The number of amides is 1. The van der Waals surface area contributed by atoms with Gasteiger partial charge >= 0.3 is 0 Å². The van der Waals surface area contributed by atoms with E-state index in [0.29, 0.717) is 22.3 Å². The number of ketones is 1. The molecular weight excluding hydrogens is 194 g/mol. The Morgan fingerprint density at radius 2 is 2.07 bits per heavy atom.